The third-order valence-corrected chi connectivity index (χ3v) is 7.00. The average molecular weight is 531 g/mol. The van der Waals surface area contributed by atoms with Crippen molar-refractivity contribution in [3.05, 3.63) is 70.5 Å². The minimum Gasteiger partial charge on any atom is -0.441 e. The van der Waals surface area contributed by atoms with Crippen molar-refractivity contribution in [1.29, 1.82) is 5.26 Å². The molecule has 0 spiro atoms. The fourth-order valence-corrected chi connectivity index (χ4v) is 5.12. The van der Waals surface area contributed by atoms with Gasteiger partial charge >= 0.3 is 12.1 Å². The molecule has 2 aliphatic heterocycles. The number of urea groups is 1. The van der Waals surface area contributed by atoms with Crippen LogP contribution in [0.3, 0.4) is 0 Å². The lowest BCUT2D eigenvalue weighted by Crippen LogP contribution is -2.44. The highest BCUT2D eigenvalue weighted by atomic mass is 19.2. The summed E-state index contributed by atoms with van der Waals surface area (Å²) in [6.45, 7) is 2.58. The summed E-state index contributed by atoms with van der Waals surface area (Å²) in [6, 6.07) is 7.96. The van der Waals surface area contributed by atoms with Gasteiger partial charge in [0, 0.05) is 13.7 Å². The first-order valence-electron chi connectivity index (χ1n) is 12.5. The van der Waals surface area contributed by atoms with E-state index in [0.717, 1.165) is 48.5 Å². The maximum absolute atomic E-state index is 13.9. The second kappa shape index (κ2) is 12.3. The number of nitriles is 1. The summed E-state index contributed by atoms with van der Waals surface area (Å²) in [5.74, 6) is -2.36. The predicted octanol–water partition coefficient (Wildman–Crippen LogP) is 4.46. The number of methoxy groups -OCH3 is 1. The Morgan fingerprint density at radius 1 is 1.16 bits per heavy atom. The normalized spacial score (nSPS) is 20.3. The van der Waals surface area contributed by atoms with Gasteiger partial charge in [0.05, 0.1) is 18.2 Å². The molecule has 4 rings (SSSR count). The molecule has 2 aromatic carbocycles. The van der Waals surface area contributed by atoms with Crippen LogP contribution in [0.1, 0.15) is 47.9 Å². The van der Waals surface area contributed by atoms with E-state index in [9.17, 15) is 28.0 Å². The zero-order valence-electron chi connectivity index (χ0n) is 21.0. The molecule has 0 aliphatic carbocycles. The Morgan fingerprint density at radius 2 is 1.92 bits per heavy atom. The number of carbonyl (C=O) groups is 2. The van der Waals surface area contributed by atoms with E-state index in [4.69, 9.17) is 9.47 Å². The van der Waals surface area contributed by atoms with Gasteiger partial charge < -0.3 is 19.7 Å². The summed E-state index contributed by atoms with van der Waals surface area (Å²) < 4.78 is 51.2. The number of carbonyl (C=O) groups excluding carboxylic acids is 2. The highest BCUT2D eigenvalue weighted by molar-refractivity contribution is 5.93. The molecule has 3 amide bonds. The first-order chi connectivity index (χ1) is 18.3. The van der Waals surface area contributed by atoms with Crippen molar-refractivity contribution in [2.24, 2.45) is 0 Å². The lowest BCUT2D eigenvalue weighted by molar-refractivity contribution is 0.0584. The Balaban J connectivity index is 1.29. The second-order valence-electron chi connectivity index (χ2n) is 9.41. The Bertz CT molecular complexity index is 1210. The molecule has 2 fully saturated rings. The van der Waals surface area contributed by atoms with Crippen LogP contribution in [0, 0.1) is 28.8 Å². The van der Waals surface area contributed by atoms with E-state index in [1.54, 1.807) is 6.07 Å². The number of amides is 3. The van der Waals surface area contributed by atoms with Crippen molar-refractivity contribution >= 4 is 12.1 Å². The smallest absolute Gasteiger partial charge is 0.419 e. The Hall–Kier alpha value is -3.62. The van der Waals surface area contributed by atoms with Crippen molar-refractivity contribution in [2.75, 3.05) is 39.9 Å². The van der Waals surface area contributed by atoms with E-state index < -0.39 is 41.7 Å². The summed E-state index contributed by atoms with van der Waals surface area (Å²) in [7, 11) is 1.41. The number of imide groups is 1. The van der Waals surface area contributed by atoms with E-state index in [-0.39, 0.29) is 18.1 Å². The number of benzene rings is 2. The molecule has 11 heteroatoms. The molecule has 38 heavy (non-hydrogen) atoms. The lowest BCUT2D eigenvalue weighted by Gasteiger charge is -2.32. The fraction of sp³-hybridized carbons (Fsp3) is 0.444. The van der Waals surface area contributed by atoms with Crippen molar-refractivity contribution in [3.63, 3.8) is 0 Å². The largest absolute Gasteiger partial charge is 0.441 e. The van der Waals surface area contributed by atoms with Crippen LogP contribution >= 0.6 is 0 Å². The zero-order valence-corrected chi connectivity index (χ0v) is 21.0. The van der Waals surface area contributed by atoms with Crippen LogP contribution in [0.5, 0.6) is 0 Å². The number of likely N-dealkylation sites (tertiary alicyclic amines) is 1. The number of piperidine rings is 1. The number of halogens is 3. The number of rotatable bonds is 8. The molecular weight excluding hydrogens is 501 g/mol. The van der Waals surface area contributed by atoms with Gasteiger partial charge in [0.2, 0.25) is 0 Å². The van der Waals surface area contributed by atoms with Gasteiger partial charge in [0.15, 0.2) is 17.7 Å². The van der Waals surface area contributed by atoms with Gasteiger partial charge in [-0.05, 0) is 80.2 Å². The Kier molecular flexibility index (Phi) is 8.86. The topological polar surface area (TPSA) is 94.9 Å². The van der Waals surface area contributed by atoms with Crippen LogP contribution in [0.4, 0.5) is 22.8 Å². The third kappa shape index (κ3) is 6.09. The van der Waals surface area contributed by atoms with Crippen LogP contribution in [0.25, 0.3) is 0 Å². The van der Waals surface area contributed by atoms with Crippen molar-refractivity contribution in [3.8, 4) is 6.07 Å². The minimum absolute atomic E-state index is 0.0249. The summed E-state index contributed by atoms with van der Waals surface area (Å²) in [4.78, 5) is 28.5. The van der Waals surface area contributed by atoms with Gasteiger partial charge in [-0.1, -0.05) is 12.1 Å². The van der Waals surface area contributed by atoms with E-state index in [0.29, 0.717) is 25.1 Å². The van der Waals surface area contributed by atoms with Gasteiger partial charge in [-0.3, -0.25) is 0 Å². The average Bonchev–Trinajstić information content (AvgIpc) is 3.24. The van der Waals surface area contributed by atoms with Gasteiger partial charge in [0.25, 0.3) is 0 Å². The van der Waals surface area contributed by atoms with Crippen LogP contribution in [0.15, 0.2) is 36.4 Å². The molecule has 0 bridgehead atoms. The molecule has 0 aromatic heterocycles. The van der Waals surface area contributed by atoms with Gasteiger partial charge in [-0.15, -0.1) is 0 Å². The van der Waals surface area contributed by atoms with E-state index in [2.05, 4.69) is 16.3 Å². The number of ether oxygens (including phenoxy) is 2. The van der Waals surface area contributed by atoms with E-state index >= 15 is 0 Å². The van der Waals surface area contributed by atoms with Crippen LogP contribution < -0.4 is 5.32 Å². The SMILES string of the molecule is COC[C@@H]1OC(=O)N(C(=O)NCCCN2CCC(c3ccc(F)cc3C#N)CC2)[C@H]1c1ccc(F)c(F)c1. The molecule has 2 heterocycles. The Labute approximate surface area is 218 Å². The standard InChI is InChI=1S/C27H29F3N4O4/c1-37-16-24-25(18-3-6-22(29)23(30)14-18)34(27(36)38-24)26(35)32-9-2-10-33-11-7-17(8-12-33)21-5-4-20(28)13-19(21)15-31/h3-6,13-14,17,24-25H,2,7-12,16H2,1H3,(H,32,35)/t24-,25-/m0/s1. The number of nitrogens with zero attached hydrogens (tertiary/aromatic N) is 3. The molecule has 1 N–H and O–H groups in total. The molecule has 202 valence electrons. The maximum Gasteiger partial charge on any atom is 0.419 e. The second-order valence-corrected chi connectivity index (χ2v) is 9.41. The number of nitrogens with one attached hydrogen (secondary N) is 1. The monoisotopic (exact) mass is 530 g/mol. The summed E-state index contributed by atoms with van der Waals surface area (Å²) >= 11 is 0. The molecule has 0 saturated carbocycles. The van der Waals surface area contributed by atoms with E-state index in [1.165, 1.54) is 25.3 Å². The van der Waals surface area contributed by atoms with E-state index in [1.807, 2.05) is 0 Å². The van der Waals surface area contributed by atoms with Crippen LogP contribution in [0.2, 0.25) is 0 Å². The van der Waals surface area contributed by atoms with Gasteiger partial charge in [-0.2, -0.15) is 5.26 Å². The zero-order chi connectivity index (χ0) is 27.2. The highest BCUT2D eigenvalue weighted by Crippen LogP contribution is 2.34. The highest BCUT2D eigenvalue weighted by Gasteiger charge is 2.46. The van der Waals surface area contributed by atoms with Crippen molar-refractivity contribution in [1.82, 2.24) is 15.1 Å². The number of hydrogen-bond donors (Lipinski definition) is 1. The first kappa shape index (κ1) is 27.4. The minimum atomic E-state index is -1.09. The lowest BCUT2D eigenvalue weighted by atomic mass is 9.86. The molecule has 2 aliphatic rings. The van der Waals surface area contributed by atoms with Gasteiger partial charge in [0.1, 0.15) is 11.9 Å². The predicted molar refractivity (Wildman–Crippen MR) is 131 cm³/mol. The Morgan fingerprint density at radius 3 is 2.61 bits per heavy atom. The maximum atomic E-state index is 13.9. The van der Waals surface area contributed by atoms with Crippen LogP contribution in [-0.4, -0.2) is 67.9 Å². The number of hydrogen-bond acceptors (Lipinski definition) is 6. The quantitative estimate of drug-likeness (QED) is 0.507. The third-order valence-electron chi connectivity index (χ3n) is 7.00. The molecular formula is C27H29F3N4O4. The fourth-order valence-electron chi connectivity index (χ4n) is 5.12. The van der Waals surface area contributed by atoms with Crippen molar-refractivity contribution in [2.45, 2.75) is 37.3 Å². The molecule has 2 atom stereocenters. The summed E-state index contributed by atoms with van der Waals surface area (Å²) in [5.41, 5.74) is 1.47. The molecule has 2 aromatic rings. The summed E-state index contributed by atoms with van der Waals surface area (Å²) in [5, 5.41) is 12.0. The van der Waals surface area contributed by atoms with Crippen molar-refractivity contribution < 1.29 is 32.2 Å². The molecule has 0 unspecified atom stereocenters. The van der Waals surface area contributed by atoms with Crippen LogP contribution in [-0.2, 0) is 9.47 Å². The molecule has 0 radical (unpaired) electrons. The molecule has 2 saturated heterocycles. The van der Waals surface area contributed by atoms with Gasteiger partial charge in [-0.25, -0.2) is 27.7 Å². The molecule has 8 nitrogen and oxygen atoms in total. The summed E-state index contributed by atoms with van der Waals surface area (Å²) in [6.07, 6.45) is 0.536. The first-order valence-corrected chi connectivity index (χ1v) is 12.5. The number of cyclic esters (lactones) is 1.